The molecule has 0 aromatic carbocycles. The Morgan fingerprint density at radius 3 is 2.48 bits per heavy atom. The smallest absolute Gasteiger partial charge is 0.133 e. The molecule has 0 unspecified atom stereocenters. The maximum atomic E-state index is 12.2. The predicted molar refractivity (Wildman–Crippen MR) is 101 cm³/mol. The lowest BCUT2D eigenvalue weighted by Crippen LogP contribution is -2.58. The van der Waals surface area contributed by atoms with Gasteiger partial charge in [-0.25, -0.2) is 0 Å². The predicted octanol–water partition coefficient (Wildman–Crippen LogP) is 5.38. The number of ketones is 1. The molecule has 0 aromatic heterocycles. The molecule has 1 N–H and O–H groups in total. The number of Topliss-reactive ketones (excluding diaryl/α,β-unsaturated/α-hetero) is 1. The first kappa shape index (κ1) is 18.0. The normalized spacial score (nSPS) is 55.4. The molecule has 2 nitrogen and oxygen atoms in total. The Morgan fingerprint density at radius 1 is 1.04 bits per heavy atom. The molecule has 25 heavy (non-hydrogen) atoms. The lowest BCUT2D eigenvalue weighted by molar-refractivity contribution is -0.169. The van der Waals surface area contributed by atoms with E-state index in [1.54, 1.807) is 0 Å². The van der Waals surface area contributed by atoms with Crippen LogP contribution in [-0.4, -0.2) is 16.5 Å². The molecule has 0 aromatic rings. The molecular weight excluding hydrogens is 308 g/mol. The third kappa shape index (κ3) is 2.28. The molecule has 0 aliphatic heterocycles. The number of hydrogen-bond acceptors (Lipinski definition) is 2. The zero-order chi connectivity index (χ0) is 18.0. The van der Waals surface area contributed by atoms with Crippen molar-refractivity contribution in [2.75, 3.05) is 0 Å². The molecule has 0 spiro atoms. The molecule has 4 fully saturated rings. The van der Waals surface area contributed by atoms with Crippen molar-refractivity contribution >= 4 is 5.78 Å². The maximum Gasteiger partial charge on any atom is 0.133 e. The van der Waals surface area contributed by atoms with E-state index >= 15 is 0 Å². The van der Waals surface area contributed by atoms with E-state index in [-0.39, 0.29) is 5.41 Å². The second kappa shape index (κ2) is 5.81. The summed E-state index contributed by atoms with van der Waals surface area (Å²) in [4.78, 5) is 12.2. The molecule has 4 saturated carbocycles. The Bertz CT molecular complexity index is 556. The van der Waals surface area contributed by atoms with Crippen LogP contribution in [-0.2, 0) is 4.79 Å². The zero-order valence-corrected chi connectivity index (χ0v) is 16.8. The lowest BCUT2D eigenvalue weighted by atomic mass is 9.42. The first-order chi connectivity index (χ1) is 11.8. The second-order valence-corrected chi connectivity index (χ2v) is 10.6. The number of carbonyl (C=O) groups excluding carboxylic acids is 1. The van der Waals surface area contributed by atoms with Crippen molar-refractivity contribution in [1.82, 2.24) is 0 Å². The SMILES string of the molecule is CCC[C@@]1(O)CC[C@@H]2[C@H]3CC[C@H]4CC(=O)C[C@H](C)[C@@]4(C)[C@H]3CC[C@@]21C. The Hall–Kier alpha value is -0.370. The first-order valence-electron chi connectivity index (χ1n) is 11.0. The Kier molecular flexibility index (Phi) is 4.19. The summed E-state index contributed by atoms with van der Waals surface area (Å²) < 4.78 is 0. The minimum atomic E-state index is -0.427. The zero-order valence-electron chi connectivity index (χ0n) is 16.8. The first-order valence-corrected chi connectivity index (χ1v) is 11.0. The van der Waals surface area contributed by atoms with Crippen molar-refractivity contribution in [3.63, 3.8) is 0 Å². The number of rotatable bonds is 2. The molecule has 8 atom stereocenters. The fourth-order valence-corrected chi connectivity index (χ4v) is 8.41. The van der Waals surface area contributed by atoms with Gasteiger partial charge in [0.15, 0.2) is 0 Å². The topological polar surface area (TPSA) is 37.3 Å². The standard InChI is InChI=1S/C23H38O2/c1-5-10-23(25)12-9-19-18-7-6-16-14-17(24)13-15(2)22(16,4)20(18)8-11-21(19,23)3/h15-16,18-20,25H,5-14H2,1-4H3/t15-,16-,18+,19+,20-,21-,22+,23+/m0/s1. The van der Waals surface area contributed by atoms with Crippen LogP contribution in [0.5, 0.6) is 0 Å². The molecular formula is C23H38O2. The molecule has 4 aliphatic rings. The third-order valence-corrected chi connectivity index (χ3v) is 10.0. The van der Waals surface area contributed by atoms with Gasteiger partial charge >= 0.3 is 0 Å². The highest BCUT2D eigenvalue weighted by molar-refractivity contribution is 5.80. The number of hydrogen-bond donors (Lipinski definition) is 1. The summed E-state index contributed by atoms with van der Waals surface area (Å²) in [5, 5.41) is 11.5. The summed E-state index contributed by atoms with van der Waals surface area (Å²) in [6.07, 6.45) is 11.0. The van der Waals surface area contributed by atoms with Crippen LogP contribution in [0.25, 0.3) is 0 Å². The maximum absolute atomic E-state index is 12.2. The molecule has 0 saturated heterocycles. The molecule has 0 bridgehead atoms. The molecule has 0 amide bonds. The number of carbonyl (C=O) groups is 1. The van der Waals surface area contributed by atoms with Gasteiger partial charge in [-0.2, -0.15) is 0 Å². The molecule has 142 valence electrons. The fourth-order valence-electron chi connectivity index (χ4n) is 8.41. The van der Waals surface area contributed by atoms with Crippen LogP contribution in [0.3, 0.4) is 0 Å². The van der Waals surface area contributed by atoms with Crippen molar-refractivity contribution in [1.29, 1.82) is 0 Å². The van der Waals surface area contributed by atoms with Gasteiger partial charge in [-0.3, -0.25) is 4.79 Å². The minimum Gasteiger partial charge on any atom is -0.389 e. The van der Waals surface area contributed by atoms with Gasteiger partial charge in [-0.05, 0) is 85.4 Å². The molecule has 4 rings (SSSR count). The monoisotopic (exact) mass is 346 g/mol. The van der Waals surface area contributed by atoms with Crippen LogP contribution < -0.4 is 0 Å². The van der Waals surface area contributed by atoms with Gasteiger partial charge in [0.1, 0.15) is 5.78 Å². The van der Waals surface area contributed by atoms with Gasteiger partial charge in [0.05, 0.1) is 5.60 Å². The highest BCUT2D eigenvalue weighted by Gasteiger charge is 2.65. The van der Waals surface area contributed by atoms with Gasteiger partial charge in [-0.1, -0.05) is 34.1 Å². The highest BCUT2D eigenvalue weighted by Crippen LogP contribution is 2.69. The molecule has 0 radical (unpaired) electrons. The summed E-state index contributed by atoms with van der Waals surface area (Å²) >= 11 is 0. The quantitative estimate of drug-likeness (QED) is 0.729. The van der Waals surface area contributed by atoms with Gasteiger partial charge in [0.25, 0.3) is 0 Å². The van der Waals surface area contributed by atoms with Gasteiger partial charge in [0.2, 0.25) is 0 Å². The van der Waals surface area contributed by atoms with Crippen molar-refractivity contribution in [3.8, 4) is 0 Å². The van der Waals surface area contributed by atoms with Crippen LogP contribution in [0.15, 0.2) is 0 Å². The molecule has 4 aliphatic carbocycles. The second-order valence-electron chi connectivity index (χ2n) is 10.6. The number of fused-ring (bicyclic) bond motifs is 5. The minimum absolute atomic E-state index is 0.126. The van der Waals surface area contributed by atoms with E-state index in [1.807, 2.05) is 0 Å². The van der Waals surface area contributed by atoms with Crippen molar-refractivity contribution in [3.05, 3.63) is 0 Å². The van der Waals surface area contributed by atoms with Crippen molar-refractivity contribution in [2.45, 2.75) is 97.5 Å². The van der Waals surface area contributed by atoms with E-state index in [1.165, 1.54) is 32.1 Å². The summed E-state index contributed by atoms with van der Waals surface area (Å²) in [6.45, 7) is 9.51. The highest BCUT2D eigenvalue weighted by atomic mass is 16.3. The Morgan fingerprint density at radius 2 is 1.76 bits per heavy atom. The van der Waals surface area contributed by atoms with Crippen molar-refractivity contribution < 1.29 is 9.90 Å². The van der Waals surface area contributed by atoms with E-state index in [0.717, 1.165) is 43.9 Å². The van der Waals surface area contributed by atoms with E-state index < -0.39 is 5.60 Å². The number of aliphatic hydroxyl groups is 1. The van der Waals surface area contributed by atoms with Crippen molar-refractivity contribution in [2.24, 2.45) is 40.4 Å². The summed E-state index contributed by atoms with van der Waals surface area (Å²) in [5.74, 6) is 3.91. The fraction of sp³-hybridized carbons (Fsp3) is 0.957. The van der Waals surface area contributed by atoms with E-state index in [2.05, 4.69) is 27.7 Å². The summed E-state index contributed by atoms with van der Waals surface area (Å²) in [6, 6.07) is 0. The van der Waals surface area contributed by atoms with E-state index in [0.29, 0.717) is 29.0 Å². The average Bonchev–Trinajstić information content (AvgIpc) is 2.81. The summed E-state index contributed by atoms with van der Waals surface area (Å²) in [5.41, 5.74) is 0.0496. The lowest BCUT2D eigenvalue weighted by Gasteiger charge is -2.62. The van der Waals surface area contributed by atoms with Crippen LogP contribution in [0.2, 0.25) is 0 Å². The average molecular weight is 347 g/mol. The van der Waals surface area contributed by atoms with E-state index in [4.69, 9.17) is 0 Å². The van der Waals surface area contributed by atoms with Crippen LogP contribution in [0.1, 0.15) is 91.9 Å². The third-order valence-electron chi connectivity index (χ3n) is 10.0. The Balaban J connectivity index is 1.65. The molecule has 0 heterocycles. The van der Waals surface area contributed by atoms with Crippen LogP contribution >= 0.6 is 0 Å². The molecule has 2 heteroatoms. The van der Waals surface area contributed by atoms with Gasteiger partial charge in [-0.15, -0.1) is 0 Å². The van der Waals surface area contributed by atoms with Crippen LogP contribution in [0, 0.1) is 40.4 Å². The summed E-state index contributed by atoms with van der Waals surface area (Å²) in [7, 11) is 0. The van der Waals surface area contributed by atoms with Gasteiger partial charge in [0, 0.05) is 12.8 Å². The van der Waals surface area contributed by atoms with Crippen LogP contribution in [0.4, 0.5) is 0 Å². The van der Waals surface area contributed by atoms with Gasteiger partial charge < -0.3 is 5.11 Å². The largest absolute Gasteiger partial charge is 0.389 e. The Labute approximate surface area is 154 Å². The van der Waals surface area contributed by atoms with E-state index in [9.17, 15) is 9.90 Å².